The fourth-order valence-corrected chi connectivity index (χ4v) is 1.88. The van der Waals surface area contributed by atoms with E-state index in [1.165, 1.54) is 6.92 Å². The molecule has 0 aliphatic heterocycles. The number of rotatable bonds is 11. The Morgan fingerprint density at radius 3 is 1.96 bits per heavy atom. The molecule has 0 aromatic carbocycles. The quantitative estimate of drug-likeness (QED) is 0.240. The Morgan fingerprint density at radius 1 is 0.962 bits per heavy atom. The molecule has 0 saturated carbocycles. The molecule has 0 spiro atoms. The molecule has 0 aromatic rings. The number of carbonyl (C=O) groups excluding carboxylic acids is 3. The fraction of sp³-hybridized carbons (Fsp3) is 0.667. The van der Waals surface area contributed by atoms with Gasteiger partial charge in [-0.05, 0) is 19.3 Å². The van der Waals surface area contributed by atoms with Crippen molar-refractivity contribution < 1.29 is 34.2 Å². The molecule has 0 radical (unpaired) electrons. The van der Waals surface area contributed by atoms with Gasteiger partial charge in [0.15, 0.2) is 0 Å². The topological polar surface area (TPSA) is 188 Å². The number of nitrogens with one attached hydrogen (secondary N) is 3. The highest BCUT2D eigenvalue weighted by Crippen LogP contribution is 2.05. The number of aliphatic carboxylic acids is 2. The van der Waals surface area contributed by atoms with Crippen LogP contribution < -0.4 is 21.7 Å². The Morgan fingerprint density at radius 2 is 1.54 bits per heavy atom. The molecule has 0 saturated heterocycles. The van der Waals surface area contributed by atoms with Crippen molar-refractivity contribution in [2.45, 2.75) is 51.7 Å². The van der Waals surface area contributed by atoms with Crippen molar-refractivity contribution in [1.82, 2.24) is 16.0 Å². The summed E-state index contributed by atoms with van der Waals surface area (Å²) in [6.07, 6.45) is -0.650. The molecule has 3 amide bonds. The summed E-state index contributed by atoms with van der Waals surface area (Å²) in [5.41, 5.74) is 5.34. The molecule has 11 nitrogen and oxygen atoms in total. The van der Waals surface area contributed by atoms with Crippen molar-refractivity contribution in [1.29, 1.82) is 0 Å². The van der Waals surface area contributed by atoms with Gasteiger partial charge in [-0.15, -0.1) is 0 Å². The summed E-state index contributed by atoms with van der Waals surface area (Å²) in [5, 5.41) is 24.7. The summed E-state index contributed by atoms with van der Waals surface area (Å²) in [6, 6.07) is -3.27. The van der Waals surface area contributed by atoms with Gasteiger partial charge < -0.3 is 31.9 Å². The van der Waals surface area contributed by atoms with Crippen molar-refractivity contribution in [2.24, 2.45) is 11.7 Å². The van der Waals surface area contributed by atoms with Gasteiger partial charge in [0.1, 0.15) is 12.1 Å². The van der Waals surface area contributed by atoms with Gasteiger partial charge in [-0.3, -0.25) is 19.2 Å². The molecule has 11 heteroatoms. The van der Waals surface area contributed by atoms with Crippen LogP contribution >= 0.6 is 0 Å². The summed E-state index contributed by atoms with van der Waals surface area (Å²) >= 11 is 0. The smallest absolute Gasteiger partial charge is 0.326 e. The molecule has 26 heavy (non-hydrogen) atoms. The molecular weight excluding hydrogens is 348 g/mol. The molecule has 0 aromatic heterocycles. The fourth-order valence-electron chi connectivity index (χ4n) is 1.88. The Bertz CT molecular complexity index is 548. The Balaban J connectivity index is 4.95. The van der Waals surface area contributed by atoms with Gasteiger partial charge in [0.2, 0.25) is 17.7 Å². The molecule has 0 aliphatic carbocycles. The summed E-state index contributed by atoms with van der Waals surface area (Å²) in [6.45, 7) is 4.15. The van der Waals surface area contributed by atoms with Gasteiger partial charge in [-0.2, -0.15) is 0 Å². The highest BCUT2D eigenvalue weighted by Gasteiger charge is 2.28. The lowest BCUT2D eigenvalue weighted by Crippen LogP contribution is -2.54. The monoisotopic (exact) mass is 374 g/mol. The standard InChI is InChI=1S/C15H26N4O7/c1-7(2)12(15(25)26)19-14(24)9(4-5-11(21)22)18-10(20)6-17-13(23)8(3)16/h7-9,12H,4-6,16H2,1-3H3,(H,17,23)(H,18,20)(H,19,24)(H,21,22)(H,25,26). The SMILES string of the molecule is CC(N)C(=O)NCC(=O)NC(CCC(=O)O)C(=O)NC(C(=O)O)C(C)C. The van der Waals surface area contributed by atoms with E-state index in [0.717, 1.165) is 0 Å². The summed E-state index contributed by atoms with van der Waals surface area (Å²) in [5.74, 6) is -4.97. The number of carbonyl (C=O) groups is 5. The molecular formula is C15H26N4O7. The zero-order valence-electron chi connectivity index (χ0n) is 14.9. The third-order valence-electron chi connectivity index (χ3n) is 3.37. The Hall–Kier alpha value is -2.69. The highest BCUT2D eigenvalue weighted by molar-refractivity contribution is 5.92. The second kappa shape index (κ2) is 11.0. The summed E-state index contributed by atoms with van der Waals surface area (Å²) in [7, 11) is 0. The lowest BCUT2D eigenvalue weighted by molar-refractivity contribution is -0.144. The lowest BCUT2D eigenvalue weighted by Gasteiger charge is -2.23. The number of carboxylic acids is 2. The number of hydrogen-bond acceptors (Lipinski definition) is 6. The first-order valence-corrected chi connectivity index (χ1v) is 8.03. The maximum absolute atomic E-state index is 12.3. The van der Waals surface area contributed by atoms with Crippen molar-refractivity contribution in [3.05, 3.63) is 0 Å². The van der Waals surface area contributed by atoms with E-state index in [1.807, 2.05) is 0 Å². The van der Waals surface area contributed by atoms with E-state index in [-0.39, 0.29) is 6.42 Å². The van der Waals surface area contributed by atoms with E-state index in [0.29, 0.717) is 0 Å². The van der Waals surface area contributed by atoms with Crippen LogP contribution in [0.3, 0.4) is 0 Å². The van der Waals surface area contributed by atoms with Gasteiger partial charge in [0, 0.05) is 6.42 Å². The first kappa shape index (κ1) is 23.3. The van der Waals surface area contributed by atoms with Crippen LogP contribution in [0.15, 0.2) is 0 Å². The minimum Gasteiger partial charge on any atom is -0.481 e. The largest absolute Gasteiger partial charge is 0.481 e. The Kier molecular flexibility index (Phi) is 9.89. The molecule has 3 unspecified atom stereocenters. The average molecular weight is 374 g/mol. The van der Waals surface area contributed by atoms with E-state index < -0.39 is 66.7 Å². The number of amides is 3. The van der Waals surface area contributed by atoms with Crippen LogP contribution in [-0.2, 0) is 24.0 Å². The summed E-state index contributed by atoms with van der Waals surface area (Å²) in [4.78, 5) is 57.4. The molecule has 0 heterocycles. The first-order chi connectivity index (χ1) is 12.0. The van der Waals surface area contributed by atoms with Gasteiger partial charge in [-0.25, -0.2) is 4.79 Å². The van der Waals surface area contributed by atoms with Crippen LogP contribution in [-0.4, -0.2) is 64.5 Å². The van der Waals surface area contributed by atoms with Crippen LogP contribution in [0.25, 0.3) is 0 Å². The molecule has 7 N–H and O–H groups in total. The maximum atomic E-state index is 12.3. The van der Waals surface area contributed by atoms with E-state index >= 15 is 0 Å². The first-order valence-electron chi connectivity index (χ1n) is 8.03. The van der Waals surface area contributed by atoms with E-state index in [9.17, 15) is 24.0 Å². The van der Waals surface area contributed by atoms with Crippen molar-refractivity contribution in [2.75, 3.05) is 6.54 Å². The number of hydrogen-bond donors (Lipinski definition) is 6. The molecule has 148 valence electrons. The van der Waals surface area contributed by atoms with Crippen LogP contribution in [0.2, 0.25) is 0 Å². The molecule has 3 atom stereocenters. The predicted octanol–water partition coefficient (Wildman–Crippen LogP) is -1.98. The minimum absolute atomic E-state index is 0.238. The van der Waals surface area contributed by atoms with Gasteiger partial charge in [0.25, 0.3) is 0 Å². The van der Waals surface area contributed by atoms with Crippen LogP contribution in [0, 0.1) is 5.92 Å². The average Bonchev–Trinajstić information content (AvgIpc) is 2.52. The second-order valence-electron chi connectivity index (χ2n) is 6.13. The zero-order chi connectivity index (χ0) is 20.4. The second-order valence-corrected chi connectivity index (χ2v) is 6.13. The zero-order valence-corrected chi connectivity index (χ0v) is 14.9. The van der Waals surface area contributed by atoms with E-state index in [4.69, 9.17) is 15.9 Å². The van der Waals surface area contributed by atoms with Gasteiger partial charge in [0.05, 0.1) is 12.6 Å². The van der Waals surface area contributed by atoms with Crippen molar-refractivity contribution >= 4 is 29.7 Å². The third-order valence-corrected chi connectivity index (χ3v) is 3.37. The molecule has 0 bridgehead atoms. The maximum Gasteiger partial charge on any atom is 0.326 e. The minimum atomic E-state index is -1.26. The Labute approximate surface area is 150 Å². The normalized spacial score (nSPS) is 14.0. The number of carboxylic acid groups (broad SMARTS) is 2. The summed E-state index contributed by atoms with van der Waals surface area (Å²) < 4.78 is 0. The molecule has 0 fully saturated rings. The van der Waals surface area contributed by atoms with Crippen LogP contribution in [0.4, 0.5) is 0 Å². The van der Waals surface area contributed by atoms with Crippen molar-refractivity contribution in [3.63, 3.8) is 0 Å². The predicted molar refractivity (Wildman–Crippen MR) is 89.9 cm³/mol. The van der Waals surface area contributed by atoms with Gasteiger partial charge >= 0.3 is 11.9 Å². The lowest BCUT2D eigenvalue weighted by atomic mass is 10.0. The van der Waals surface area contributed by atoms with Crippen molar-refractivity contribution in [3.8, 4) is 0 Å². The van der Waals surface area contributed by atoms with Crippen LogP contribution in [0.5, 0.6) is 0 Å². The third kappa shape index (κ3) is 8.97. The number of nitrogens with two attached hydrogens (primary N) is 1. The van der Waals surface area contributed by atoms with E-state index in [2.05, 4.69) is 16.0 Å². The highest BCUT2D eigenvalue weighted by atomic mass is 16.4. The molecule has 0 aliphatic rings. The van der Waals surface area contributed by atoms with Gasteiger partial charge in [-0.1, -0.05) is 13.8 Å². The molecule has 0 rings (SSSR count). The van der Waals surface area contributed by atoms with E-state index in [1.54, 1.807) is 13.8 Å². The van der Waals surface area contributed by atoms with Crippen LogP contribution in [0.1, 0.15) is 33.6 Å².